The van der Waals surface area contributed by atoms with Gasteiger partial charge in [-0.05, 0) is 24.3 Å². The zero-order valence-corrected chi connectivity index (χ0v) is 18.9. The van der Waals surface area contributed by atoms with Gasteiger partial charge in [-0.1, -0.05) is 17.7 Å². The van der Waals surface area contributed by atoms with Gasteiger partial charge in [0.25, 0.3) is 0 Å². The van der Waals surface area contributed by atoms with Crippen LogP contribution in [0.25, 0.3) is 33.2 Å². The Morgan fingerprint density at radius 2 is 2.09 bits per heavy atom. The van der Waals surface area contributed by atoms with Gasteiger partial charge in [-0.2, -0.15) is 0 Å². The molecule has 2 saturated heterocycles. The summed E-state index contributed by atoms with van der Waals surface area (Å²) in [5, 5.41) is 11.7. The average Bonchev–Trinajstić information content (AvgIpc) is 3.55. The first kappa shape index (κ1) is 20.7. The highest BCUT2D eigenvalue weighted by Crippen LogP contribution is 2.36. The molecule has 3 aromatic heterocycles. The second-order valence-corrected chi connectivity index (χ2v) is 8.90. The second kappa shape index (κ2) is 7.85. The Balaban J connectivity index is 1.41. The average molecular weight is 467 g/mol. The van der Waals surface area contributed by atoms with Gasteiger partial charge in [0.2, 0.25) is 5.88 Å². The first-order valence-corrected chi connectivity index (χ1v) is 11.2. The molecule has 5 heterocycles. The van der Waals surface area contributed by atoms with Crippen molar-refractivity contribution in [3.63, 3.8) is 0 Å². The number of hydrogen-bond donors (Lipinski definition) is 2. The molecule has 33 heavy (non-hydrogen) atoms. The predicted molar refractivity (Wildman–Crippen MR) is 126 cm³/mol. The zero-order chi connectivity index (χ0) is 22.7. The third-order valence-electron chi connectivity index (χ3n) is 6.39. The largest absolute Gasteiger partial charge is 0.470 e. The smallest absolute Gasteiger partial charge is 0.203 e. The van der Waals surface area contributed by atoms with Crippen LogP contribution in [0.15, 0.2) is 41.5 Å². The molecule has 4 atom stereocenters. The summed E-state index contributed by atoms with van der Waals surface area (Å²) in [6.45, 7) is 0.582. The van der Waals surface area contributed by atoms with Crippen LogP contribution >= 0.6 is 11.6 Å². The number of aromatic nitrogens is 3. The van der Waals surface area contributed by atoms with E-state index in [0.717, 1.165) is 27.5 Å². The first-order valence-electron chi connectivity index (χ1n) is 10.8. The van der Waals surface area contributed by atoms with Gasteiger partial charge < -0.3 is 28.9 Å². The maximum absolute atomic E-state index is 10.0. The number of aliphatic hydroxyl groups excluding tert-OH is 1. The molecule has 1 aromatic carbocycles. The molecule has 4 aromatic rings. The number of halogens is 1. The topological polar surface area (TPSA) is 93.9 Å². The molecule has 0 spiro atoms. The summed E-state index contributed by atoms with van der Waals surface area (Å²) in [6, 6.07) is 10.1. The molecule has 6 rings (SSSR count). The number of rotatable bonds is 4. The number of hydrogen-bond acceptors (Lipinski definition) is 6. The maximum Gasteiger partial charge on any atom is 0.203 e. The molecule has 0 bridgehead atoms. The lowest BCUT2D eigenvalue weighted by Crippen LogP contribution is -2.34. The van der Waals surface area contributed by atoms with Crippen molar-refractivity contribution >= 4 is 39.8 Å². The van der Waals surface area contributed by atoms with E-state index in [4.69, 9.17) is 30.8 Å². The van der Waals surface area contributed by atoms with Crippen LogP contribution in [0.3, 0.4) is 0 Å². The van der Waals surface area contributed by atoms with Crippen molar-refractivity contribution in [2.45, 2.75) is 24.4 Å². The molecule has 0 radical (unpaired) electrons. The van der Waals surface area contributed by atoms with Crippen molar-refractivity contribution in [1.29, 1.82) is 0 Å². The minimum atomic E-state index is -0.632. The molecule has 2 fully saturated rings. The Kier molecular flexibility index (Phi) is 4.92. The van der Waals surface area contributed by atoms with E-state index in [1.165, 1.54) is 0 Å². The maximum atomic E-state index is 10.0. The van der Waals surface area contributed by atoms with Crippen molar-refractivity contribution in [2.24, 2.45) is 12.0 Å². The molecule has 0 saturated carbocycles. The number of aryl methyl sites for hydroxylation is 1. The Labute approximate surface area is 194 Å². The molecule has 0 unspecified atom stereocenters. The summed E-state index contributed by atoms with van der Waals surface area (Å²) < 4.78 is 19.7. The summed E-state index contributed by atoms with van der Waals surface area (Å²) in [5.74, 6) is 0.522. The van der Waals surface area contributed by atoms with E-state index >= 15 is 0 Å². The zero-order valence-electron chi connectivity index (χ0n) is 18.2. The number of fused-ring (bicyclic) bond motifs is 3. The third-order valence-corrected chi connectivity index (χ3v) is 6.68. The van der Waals surface area contributed by atoms with E-state index in [1.807, 2.05) is 25.4 Å². The molecule has 0 amide bonds. The number of aliphatic hydroxyl groups is 1. The second-order valence-electron chi connectivity index (χ2n) is 8.49. The number of ether oxygens (including phenoxy) is 3. The van der Waals surface area contributed by atoms with Crippen LogP contribution in [0.4, 0.5) is 0 Å². The standard InChI is InChI=1S/C24H23ClN4O4/c1-26-9-14-21-16(27-24(14)33-19-11-32-22-18(30)10-31-23(19)22)8-15(25)20(28-21)13-3-4-17-12(7-13)5-6-29(17)2/h3-9,18-19,22-23,27,30H,10-11H2,1-2H3/b26-9+/t18-,19-,22-,23-/m1/s1. The van der Waals surface area contributed by atoms with E-state index in [1.54, 1.807) is 13.3 Å². The Hall–Kier alpha value is -2.91. The molecule has 2 aliphatic rings. The van der Waals surface area contributed by atoms with E-state index in [2.05, 4.69) is 32.7 Å². The van der Waals surface area contributed by atoms with Crippen LogP contribution < -0.4 is 4.74 Å². The number of aromatic amines is 1. The van der Waals surface area contributed by atoms with Crippen LogP contribution in [0.2, 0.25) is 5.02 Å². The highest BCUT2D eigenvalue weighted by Gasteiger charge is 2.48. The minimum Gasteiger partial charge on any atom is -0.470 e. The number of benzene rings is 1. The lowest BCUT2D eigenvalue weighted by Gasteiger charge is -2.17. The summed E-state index contributed by atoms with van der Waals surface area (Å²) in [6.07, 6.45) is 2.09. The van der Waals surface area contributed by atoms with Crippen molar-refractivity contribution in [2.75, 3.05) is 20.3 Å². The summed E-state index contributed by atoms with van der Waals surface area (Å²) >= 11 is 6.66. The summed E-state index contributed by atoms with van der Waals surface area (Å²) in [4.78, 5) is 12.4. The van der Waals surface area contributed by atoms with E-state index < -0.39 is 6.10 Å². The summed E-state index contributed by atoms with van der Waals surface area (Å²) in [7, 11) is 3.72. The molecule has 170 valence electrons. The molecular formula is C24H23ClN4O4. The Morgan fingerprint density at radius 1 is 1.24 bits per heavy atom. The molecule has 9 heteroatoms. The van der Waals surface area contributed by atoms with Gasteiger partial charge >= 0.3 is 0 Å². The Morgan fingerprint density at radius 3 is 2.94 bits per heavy atom. The number of H-pyrrole nitrogens is 1. The van der Waals surface area contributed by atoms with Crippen LogP contribution in [-0.2, 0) is 16.5 Å². The SMILES string of the molecule is C/N=C/c1c(O[C@@H]2CO[C@H]3[C@@H]2OC[C@H]3O)[nH]c2cc(Cl)c(-c3ccc4c(ccn4C)c3)nc12. The van der Waals surface area contributed by atoms with Crippen molar-refractivity contribution < 1.29 is 19.3 Å². The number of aliphatic imine (C=N–C) groups is 1. The fourth-order valence-electron chi connectivity index (χ4n) is 4.76. The summed E-state index contributed by atoms with van der Waals surface area (Å²) in [5.41, 5.74) is 4.96. The van der Waals surface area contributed by atoms with Crippen molar-refractivity contribution in [3.8, 4) is 17.1 Å². The van der Waals surface area contributed by atoms with Crippen molar-refractivity contribution in [1.82, 2.24) is 14.5 Å². The van der Waals surface area contributed by atoms with Crippen LogP contribution in [0.5, 0.6) is 5.88 Å². The third kappa shape index (κ3) is 3.33. The van der Waals surface area contributed by atoms with Crippen LogP contribution in [0, 0.1) is 0 Å². The van der Waals surface area contributed by atoms with E-state index in [9.17, 15) is 5.11 Å². The van der Waals surface area contributed by atoms with Gasteiger partial charge in [-0.15, -0.1) is 0 Å². The Bertz CT molecular complexity index is 1390. The fourth-order valence-corrected chi connectivity index (χ4v) is 5.02. The minimum absolute atomic E-state index is 0.247. The molecule has 2 N–H and O–H groups in total. The fraction of sp³-hybridized carbons (Fsp3) is 0.333. The number of nitrogens with one attached hydrogen (secondary N) is 1. The van der Waals surface area contributed by atoms with Gasteiger partial charge in [0.05, 0.1) is 35.0 Å². The van der Waals surface area contributed by atoms with E-state index in [-0.39, 0.29) is 24.9 Å². The number of nitrogens with zero attached hydrogens (tertiary/aromatic N) is 3. The van der Waals surface area contributed by atoms with Crippen LogP contribution in [-0.4, -0.2) is 70.5 Å². The lowest BCUT2D eigenvalue weighted by atomic mass is 10.1. The normalized spacial score (nSPS) is 25.0. The predicted octanol–water partition coefficient (Wildman–Crippen LogP) is 3.33. The van der Waals surface area contributed by atoms with Crippen molar-refractivity contribution in [3.05, 3.63) is 47.1 Å². The lowest BCUT2D eigenvalue weighted by molar-refractivity contribution is 0.00792. The van der Waals surface area contributed by atoms with Gasteiger partial charge in [0, 0.05) is 43.0 Å². The van der Waals surface area contributed by atoms with Gasteiger partial charge in [0.15, 0.2) is 6.10 Å². The van der Waals surface area contributed by atoms with Gasteiger partial charge in [0.1, 0.15) is 23.8 Å². The first-order chi connectivity index (χ1) is 16.0. The highest BCUT2D eigenvalue weighted by atomic mass is 35.5. The quantitative estimate of drug-likeness (QED) is 0.450. The highest BCUT2D eigenvalue weighted by molar-refractivity contribution is 6.33. The van der Waals surface area contributed by atoms with E-state index in [0.29, 0.717) is 28.7 Å². The monoisotopic (exact) mass is 466 g/mol. The molecule has 2 aliphatic heterocycles. The molecule has 8 nitrogen and oxygen atoms in total. The molecule has 0 aliphatic carbocycles. The van der Waals surface area contributed by atoms with Crippen LogP contribution in [0.1, 0.15) is 5.56 Å². The van der Waals surface area contributed by atoms with Gasteiger partial charge in [-0.25, -0.2) is 4.98 Å². The number of pyridine rings is 1. The van der Waals surface area contributed by atoms with Gasteiger partial charge in [-0.3, -0.25) is 4.99 Å². The molecular weight excluding hydrogens is 444 g/mol.